The molecule has 2 N–H and O–H groups in total. The molecule has 1 aliphatic heterocycles. The number of hydrogen-bond donors (Lipinski definition) is 2. The number of benzene rings is 8. The summed E-state index contributed by atoms with van der Waals surface area (Å²) >= 11 is 0. The van der Waals surface area contributed by atoms with E-state index in [2.05, 4.69) is 191 Å². The maximum Gasteiger partial charge on any atom is 0.104 e. The zero-order chi connectivity index (χ0) is 32.3. The Kier molecular flexibility index (Phi) is 6.39. The van der Waals surface area contributed by atoms with Gasteiger partial charge in [-0.15, -0.1) is 0 Å². The molecule has 2 heterocycles. The lowest BCUT2D eigenvalue weighted by Gasteiger charge is -2.33. The van der Waals surface area contributed by atoms with Gasteiger partial charge in [0.05, 0.1) is 17.1 Å². The molecular weight excluding hydrogens is 595 g/mol. The third kappa shape index (κ3) is 4.47. The number of para-hydroxylation sites is 1. The Morgan fingerprint density at radius 2 is 1.14 bits per heavy atom. The molecule has 2 atom stereocenters. The standard InChI is InChI=1S/C46H33N3/c1-3-15-31(16-4-1)40-29-41(32-17-5-2-6-18-32)48-46(47-40)33-19-13-20-34(28-33)49-42-25-12-11-24-39(42)44-43-35-21-8-7-14-30(35)26-27-37(43)36-22-9-10-23-38(36)45(44)49/h1-29,40,46-48H. The van der Waals surface area contributed by atoms with Crippen molar-refractivity contribution in [2.75, 3.05) is 0 Å². The maximum atomic E-state index is 3.91. The maximum absolute atomic E-state index is 3.91. The van der Waals surface area contributed by atoms with Gasteiger partial charge < -0.3 is 9.88 Å². The third-order valence-corrected chi connectivity index (χ3v) is 10.2. The van der Waals surface area contributed by atoms with Crippen molar-refractivity contribution >= 4 is 59.8 Å². The highest BCUT2D eigenvalue weighted by molar-refractivity contribution is 6.36. The summed E-state index contributed by atoms with van der Waals surface area (Å²) in [6.07, 6.45) is 2.21. The van der Waals surface area contributed by atoms with Crippen LogP contribution in [0.4, 0.5) is 0 Å². The van der Waals surface area contributed by atoms with E-state index in [1.165, 1.54) is 70.8 Å². The molecule has 3 nitrogen and oxygen atoms in total. The van der Waals surface area contributed by atoms with E-state index in [1.807, 2.05) is 0 Å². The molecule has 0 saturated carbocycles. The Labute approximate surface area is 284 Å². The minimum atomic E-state index is -0.0972. The fourth-order valence-corrected chi connectivity index (χ4v) is 8.02. The van der Waals surface area contributed by atoms with Crippen LogP contribution in [0.2, 0.25) is 0 Å². The van der Waals surface area contributed by atoms with Gasteiger partial charge in [0.15, 0.2) is 0 Å². The molecule has 10 rings (SSSR count). The van der Waals surface area contributed by atoms with Crippen molar-refractivity contribution < 1.29 is 0 Å². The Morgan fingerprint density at radius 1 is 0.469 bits per heavy atom. The number of aromatic nitrogens is 1. The first-order chi connectivity index (χ1) is 24.3. The van der Waals surface area contributed by atoms with Gasteiger partial charge in [0.2, 0.25) is 0 Å². The van der Waals surface area contributed by atoms with Crippen LogP contribution in [0.3, 0.4) is 0 Å². The molecule has 0 spiro atoms. The lowest BCUT2D eigenvalue weighted by atomic mass is 9.93. The van der Waals surface area contributed by atoms with Gasteiger partial charge in [0.1, 0.15) is 6.17 Å². The molecule has 3 heteroatoms. The van der Waals surface area contributed by atoms with Gasteiger partial charge in [-0.2, -0.15) is 0 Å². The number of rotatable bonds is 4. The average molecular weight is 628 g/mol. The van der Waals surface area contributed by atoms with Gasteiger partial charge in [0, 0.05) is 32.9 Å². The van der Waals surface area contributed by atoms with Crippen LogP contribution in [-0.2, 0) is 0 Å². The van der Waals surface area contributed by atoms with Crippen molar-refractivity contribution in [1.82, 2.24) is 15.2 Å². The van der Waals surface area contributed by atoms with Crippen LogP contribution in [0, 0.1) is 0 Å². The zero-order valence-electron chi connectivity index (χ0n) is 26.8. The van der Waals surface area contributed by atoms with E-state index in [1.54, 1.807) is 0 Å². The van der Waals surface area contributed by atoms with Crippen LogP contribution in [0.1, 0.15) is 28.9 Å². The quantitative estimate of drug-likeness (QED) is 0.190. The lowest BCUT2D eigenvalue weighted by Crippen LogP contribution is -2.39. The van der Waals surface area contributed by atoms with E-state index in [4.69, 9.17) is 0 Å². The van der Waals surface area contributed by atoms with E-state index >= 15 is 0 Å². The fourth-order valence-electron chi connectivity index (χ4n) is 8.02. The summed E-state index contributed by atoms with van der Waals surface area (Å²) in [5, 5.41) is 18.0. The van der Waals surface area contributed by atoms with Crippen LogP contribution in [0.5, 0.6) is 0 Å². The minimum Gasteiger partial charge on any atom is -0.366 e. The molecule has 0 saturated heterocycles. The zero-order valence-corrected chi connectivity index (χ0v) is 26.8. The number of nitrogens with one attached hydrogen (secondary N) is 2. The molecule has 49 heavy (non-hydrogen) atoms. The lowest BCUT2D eigenvalue weighted by molar-refractivity contribution is 0.442. The van der Waals surface area contributed by atoms with Crippen molar-refractivity contribution in [3.63, 3.8) is 0 Å². The summed E-state index contributed by atoms with van der Waals surface area (Å²) in [6.45, 7) is 0. The first kappa shape index (κ1) is 27.9. The fraction of sp³-hybridized carbons (Fsp3) is 0.0435. The summed E-state index contributed by atoms with van der Waals surface area (Å²) in [6, 6.07) is 61.6. The van der Waals surface area contributed by atoms with Gasteiger partial charge in [0.25, 0.3) is 0 Å². The topological polar surface area (TPSA) is 29.0 Å². The van der Waals surface area contributed by atoms with Crippen molar-refractivity contribution in [1.29, 1.82) is 0 Å². The van der Waals surface area contributed by atoms with E-state index in [-0.39, 0.29) is 12.2 Å². The molecule has 0 radical (unpaired) electrons. The molecular formula is C46H33N3. The van der Waals surface area contributed by atoms with Crippen LogP contribution < -0.4 is 10.6 Å². The van der Waals surface area contributed by atoms with E-state index in [0.29, 0.717) is 0 Å². The first-order valence-electron chi connectivity index (χ1n) is 17.0. The second-order valence-electron chi connectivity index (χ2n) is 13.0. The summed E-state index contributed by atoms with van der Waals surface area (Å²) in [7, 11) is 0. The molecule has 0 bridgehead atoms. The second kappa shape index (κ2) is 11.2. The molecule has 0 aliphatic carbocycles. The summed E-state index contributed by atoms with van der Waals surface area (Å²) in [5.74, 6) is 0. The minimum absolute atomic E-state index is 0.0585. The summed E-state index contributed by atoms with van der Waals surface area (Å²) in [5.41, 5.74) is 8.33. The largest absolute Gasteiger partial charge is 0.366 e. The highest BCUT2D eigenvalue weighted by Crippen LogP contribution is 2.45. The molecule has 0 fully saturated rings. The molecule has 8 aromatic carbocycles. The predicted molar refractivity (Wildman–Crippen MR) is 206 cm³/mol. The molecule has 2 unspecified atom stereocenters. The number of fused-ring (bicyclic) bond motifs is 10. The van der Waals surface area contributed by atoms with Crippen molar-refractivity contribution in [2.24, 2.45) is 0 Å². The van der Waals surface area contributed by atoms with Crippen LogP contribution in [0.25, 0.3) is 65.5 Å². The molecule has 0 amide bonds. The van der Waals surface area contributed by atoms with Crippen LogP contribution in [0.15, 0.2) is 176 Å². The summed E-state index contributed by atoms with van der Waals surface area (Å²) in [4.78, 5) is 0. The molecule has 232 valence electrons. The molecule has 1 aromatic heterocycles. The van der Waals surface area contributed by atoms with E-state index in [0.717, 1.165) is 11.4 Å². The van der Waals surface area contributed by atoms with Crippen LogP contribution >= 0.6 is 0 Å². The highest BCUT2D eigenvalue weighted by atomic mass is 15.2. The highest BCUT2D eigenvalue weighted by Gasteiger charge is 2.25. The first-order valence-corrected chi connectivity index (χ1v) is 17.0. The van der Waals surface area contributed by atoms with Crippen LogP contribution in [-0.4, -0.2) is 4.57 Å². The van der Waals surface area contributed by atoms with Gasteiger partial charge in [-0.3, -0.25) is 5.32 Å². The predicted octanol–water partition coefficient (Wildman–Crippen LogP) is 11.2. The van der Waals surface area contributed by atoms with Gasteiger partial charge >= 0.3 is 0 Å². The van der Waals surface area contributed by atoms with E-state index in [9.17, 15) is 0 Å². The normalized spacial score (nSPS) is 16.4. The van der Waals surface area contributed by atoms with E-state index < -0.39 is 0 Å². The Balaban J connectivity index is 1.21. The second-order valence-corrected chi connectivity index (χ2v) is 13.0. The van der Waals surface area contributed by atoms with Gasteiger partial charge in [-0.25, -0.2) is 0 Å². The van der Waals surface area contributed by atoms with Gasteiger partial charge in [-0.05, 0) is 62.5 Å². The molecule has 9 aromatic rings. The van der Waals surface area contributed by atoms with Gasteiger partial charge in [-0.1, -0.05) is 152 Å². The Morgan fingerprint density at radius 3 is 1.98 bits per heavy atom. The van der Waals surface area contributed by atoms with Crippen molar-refractivity contribution in [2.45, 2.75) is 12.2 Å². The number of hydrogen-bond acceptors (Lipinski definition) is 2. The van der Waals surface area contributed by atoms with Crippen molar-refractivity contribution in [3.05, 3.63) is 193 Å². The average Bonchev–Trinajstić information content (AvgIpc) is 3.54. The Hall–Kier alpha value is -6.16. The monoisotopic (exact) mass is 627 g/mol. The Bertz CT molecular complexity index is 2720. The smallest absolute Gasteiger partial charge is 0.104 e. The SMILES string of the molecule is C1=C(c2ccccc2)NC(c2cccc(-n3c4ccccc4c4c5c6ccccc6ccc5c5ccccc5c43)c2)NC1c1ccccc1. The summed E-state index contributed by atoms with van der Waals surface area (Å²) < 4.78 is 2.49. The third-order valence-electron chi connectivity index (χ3n) is 10.2. The number of nitrogens with zero attached hydrogens (tertiary/aromatic N) is 1. The van der Waals surface area contributed by atoms with Crippen molar-refractivity contribution in [3.8, 4) is 5.69 Å². The molecule has 1 aliphatic rings.